The molecule has 4 aromatic rings. The van der Waals surface area contributed by atoms with E-state index in [4.69, 9.17) is 20.3 Å². The van der Waals surface area contributed by atoms with E-state index in [-0.39, 0.29) is 0 Å². The Bertz CT molecular complexity index is 1400. The first-order valence-corrected chi connectivity index (χ1v) is 11.5. The summed E-state index contributed by atoms with van der Waals surface area (Å²) in [6.45, 7) is 2.38. The molecule has 1 aliphatic heterocycles. The number of aromatic nitrogens is 2. The zero-order valence-electron chi connectivity index (χ0n) is 18.4. The van der Waals surface area contributed by atoms with E-state index in [1.54, 1.807) is 4.68 Å². The molecule has 1 aromatic heterocycles. The predicted octanol–water partition coefficient (Wildman–Crippen LogP) is 5.52. The van der Waals surface area contributed by atoms with Crippen molar-refractivity contribution >= 4 is 21.5 Å². The Morgan fingerprint density at radius 2 is 1.76 bits per heavy atom. The molecule has 6 nitrogen and oxygen atoms in total. The molecular formula is C27H21BrN4O2. The smallest absolute Gasteiger partial charge is 0.226 e. The van der Waals surface area contributed by atoms with Gasteiger partial charge in [0.05, 0.1) is 22.5 Å². The summed E-state index contributed by atoms with van der Waals surface area (Å²) in [5, 5.41) is 14.6. The van der Waals surface area contributed by atoms with Crippen molar-refractivity contribution in [1.29, 1.82) is 5.26 Å². The van der Waals surface area contributed by atoms with Gasteiger partial charge in [0.15, 0.2) is 6.23 Å². The van der Waals surface area contributed by atoms with Crippen LogP contribution in [0.3, 0.4) is 0 Å². The van der Waals surface area contributed by atoms with Crippen LogP contribution in [-0.2, 0) is 6.61 Å². The molecule has 7 heteroatoms. The number of aryl methyl sites for hydroxylation is 1. The van der Waals surface area contributed by atoms with Gasteiger partial charge in [-0.25, -0.2) is 4.68 Å². The van der Waals surface area contributed by atoms with Crippen molar-refractivity contribution in [3.05, 3.63) is 111 Å². The molecule has 34 heavy (non-hydrogen) atoms. The highest BCUT2D eigenvalue weighted by Gasteiger charge is 2.33. The Labute approximate surface area is 206 Å². The topological polar surface area (TPSA) is 86.1 Å². The number of nitriles is 1. The number of hydrogen-bond acceptors (Lipinski definition) is 5. The second-order valence-corrected chi connectivity index (χ2v) is 8.81. The molecule has 1 aliphatic rings. The normalized spacial score (nSPS) is 14.8. The van der Waals surface area contributed by atoms with Crippen LogP contribution in [0.1, 0.15) is 22.4 Å². The van der Waals surface area contributed by atoms with Gasteiger partial charge in [0.25, 0.3) is 0 Å². The quantitative estimate of drug-likeness (QED) is 0.380. The number of nitrogens with zero attached hydrogens (tertiary/aromatic N) is 3. The minimum atomic E-state index is -0.896. The van der Waals surface area contributed by atoms with E-state index >= 15 is 0 Å². The molecule has 5 rings (SSSR count). The fraction of sp³-hybridized carbons (Fsp3) is 0.111. The second kappa shape index (κ2) is 9.18. The van der Waals surface area contributed by atoms with Crippen LogP contribution in [0, 0.1) is 18.3 Å². The van der Waals surface area contributed by atoms with Gasteiger partial charge in [-0.3, -0.25) is 5.73 Å². The largest absolute Gasteiger partial charge is 0.489 e. The maximum atomic E-state index is 9.90. The molecule has 2 heterocycles. The minimum absolute atomic E-state index is 0.365. The lowest BCUT2D eigenvalue weighted by molar-refractivity contribution is 0.228. The van der Waals surface area contributed by atoms with Gasteiger partial charge in [-0.15, -0.1) is 0 Å². The Hall–Kier alpha value is -3.86. The number of fused-ring (bicyclic) bond motifs is 1. The summed E-state index contributed by atoms with van der Waals surface area (Å²) in [6, 6.07) is 27.7. The van der Waals surface area contributed by atoms with E-state index in [9.17, 15) is 5.26 Å². The van der Waals surface area contributed by atoms with Gasteiger partial charge in [-0.1, -0.05) is 58.4 Å². The van der Waals surface area contributed by atoms with E-state index in [1.807, 2.05) is 85.8 Å². The summed E-state index contributed by atoms with van der Waals surface area (Å²) in [4.78, 5) is 0. The van der Waals surface area contributed by atoms with E-state index in [0.29, 0.717) is 18.1 Å². The van der Waals surface area contributed by atoms with Gasteiger partial charge < -0.3 is 9.47 Å². The minimum Gasteiger partial charge on any atom is -0.489 e. The Kier molecular flexibility index (Phi) is 5.93. The summed E-state index contributed by atoms with van der Waals surface area (Å²) in [6.07, 6.45) is -0.896. The standard InChI is InChI=1S/C27H21BrN4O2/c1-17-24-25(19-7-13-22(14-8-19)33-16-18-5-3-2-4-6-18)23(15-29)26(30)34-27(24)32(31-17)21-11-9-20(28)10-12-21/h2-14,26H,16,30H2,1H3/t26-/m0/s1. The lowest BCUT2D eigenvalue weighted by atomic mass is 9.91. The van der Waals surface area contributed by atoms with Crippen LogP contribution in [0.25, 0.3) is 11.3 Å². The fourth-order valence-corrected chi connectivity index (χ4v) is 4.26. The number of hydrogen-bond donors (Lipinski definition) is 1. The molecule has 0 radical (unpaired) electrons. The molecule has 0 saturated carbocycles. The highest BCUT2D eigenvalue weighted by atomic mass is 79.9. The molecule has 0 fully saturated rings. The number of benzene rings is 3. The van der Waals surface area contributed by atoms with Crippen molar-refractivity contribution in [1.82, 2.24) is 9.78 Å². The summed E-state index contributed by atoms with van der Waals surface area (Å²) in [7, 11) is 0. The van der Waals surface area contributed by atoms with E-state index in [1.165, 1.54) is 0 Å². The van der Waals surface area contributed by atoms with Crippen molar-refractivity contribution in [3.8, 4) is 23.4 Å². The van der Waals surface area contributed by atoms with Crippen molar-refractivity contribution in [2.45, 2.75) is 19.8 Å². The molecule has 0 spiro atoms. The summed E-state index contributed by atoms with van der Waals surface area (Å²) in [5.74, 6) is 1.26. The molecule has 0 unspecified atom stereocenters. The maximum absolute atomic E-state index is 9.90. The zero-order valence-corrected chi connectivity index (χ0v) is 20.0. The average molecular weight is 513 g/mol. The second-order valence-electron chi connectivity index (χ2n) is 7.89. The van der Waals surface area contributed by atoms with Gasteiger partial charge in [-0.2, -0.15) is 10.4 Å². The van der Waals surface area contributed by atoms with Crippen LogP contribution in [0.15, 0.2) is 88.9 Å². The third-order valence-corrected chi connectivity index (χ3v) is 6.17. The van der Waals surface area contributed by atoms with Crippen LogP contribution in [0.5, 0.6) is 11.6 Å². The van der Waals surface area contributed by atoms with Crippen LogP contribution < -0.4 is 15.2 Å². The third kappa shape index (κ3) is 4.10. The van der Waals surface area contributed by atoms with Crippen LogP contribution in [0.4, 0.5) is 0 Å². The maximum Gasteiger partial charge on any atom is 0.226 e. The van der Waals surface area contributed by atoms with E-state index < -0.39 is 6.23 Å². The van der Waals surface area contributed by atoms with Crippen molar-refractivity contribution in [3.63, 3.8) is 0 Å². The first kappa shape index (κ1) is 22.0. The summed E-state index contributed by atoms with van der Waals surface area (Å²) < 4.78 is 14.6. The number of rotatable bonds is 5. The van der Waals surface area contributed by atoms with Gasteiger partial charge >= 0.3 is 0 Å². The predicted molar refractivity (Wildman–Crippen MR) is 133 cm³/mol. The zero-order chi connectivity index (χ0) is 23.7. The van der Waals surface area contributed by atoms with Gasteiger partial charge in [-0.05, 0) is 54.4 Å². The Morgan fingerprint density at radius 1 is 1.06 bits per heavy atom. The number of nitrogens with two attached hydrogens (primary N) is 1. The lowest BCUT2D eigenvalue weighted by Crippen LogP contribution is -2.33. The summed E-state index contributed by atoms with van der Waals surface area (Å²) in [5.41, 5.74) is 11.7. The third-order valence-electron chi connectivity index (χ3n) is 5.64. The van der Waals surface area contributed by atoms with Gasteiger partial charge in [0.1, 0.15) is 18.4 Å². The highest BCUT2D eigenvalue weighted by Crippen LogP contribution is 2.42. The van der Waals surface area contributed by atoms with E-state index in [2.05, 4.69) is 22.0 Å². The fourth-order valence-electron chi connectivity index (χ4n) is 3.99. The molecule has 168 valence electrons. The molecule has 2 N–H and O–H groups in total. The average Bonchev–Trinajstić information content (AvgIpc) is 3.19. The molecule has 3 aromatic carbocycles. The first-order chi connectivity index (χ1) is 16.5. The number of ether oxygens (including phenoxy) is 2. The van der Waals surface area contributed by atoms with Crippen LogP contribution >= 0.6 is 15.9 Å². The highest BCUT2D eigenvalue weighted by molar-refractivity contribution is 9.10. The molecule has 0 amide bonds. The van der Waals surface area contributed by atoms with Gasteiger partial charge in [0.2, 0.25) is 5.88 Å². The van der Waals surface area contributed by atoms with Gasteiger partial charge in [0, 0.05) is 10.0 Å². The van der Waals surface area contributed by atoms with E-state index in [0.717, 1.165) is 43.9 Å². The molecule has 0 saturated heterocycles. The Balaban J connectivity index is 1.52. The monoisotopic (exact) mass is 512 g/mol. The Morgan fingerprint density at radius 3 is 2.44 bits per heavy atom. The SMILES string of the molecule is Cc1nn(-c2ccc(Br)cc2)c2c1C(c1ccc(OCc3ccccc3)cc1)=C(C#N)[C@@H](N)O2. The van der Waals surface area contributed by atoms with Crippen molar-refractivity contribution in [2.24, 2.45) is 5.73 Å². The summed E-state index contributed by atoms with van der Waals surface area (Å²) >= 11 is 3.46. The number of halogens is 1. The molecular weight excluding hydrogens is 492 g/mol. The van der Waals surface area contributed by atoms with Crippen LogP contribution in [0.2, 0.25) is 0 Å². The van der Waals surface area contributed by atoms with Crippen molar-refractivity contribution < 1.29 is 9.47 Å². The first-order valence-electron chi connectivity index (χ1n) is 10.7. The molecule has 1 atom stereocenters. The molecule has 0 bridgehead atoms. The lowest BCUT2D eigenvalue weighted by Gasteiger charge is -2.25. The van der Waals surface area contributed by atoms with Crippen molar-refractivity contribution in [2.75, 3.05) is 0 Å². The molecule has 0 aliphatic carbocycles. The van der Waals surface area contributed by atoms with Crippen LogP contribution in [-0.4, -0.2) is 16.0 Å².